The van der Waals surface area contributed by atoms with Crippen LogP contribution in [0.4, 0.5) is 5.95 Å². The number of aromatic nitrogens is 2. The minimum atomic E-state index is -0.269. The van der Waals surface area contributed by atoms with Gasteiger partial charge in [-0.05, 0) is 25.8 Å². The summed E-state index contributed by atoms with van der Waals surface area (Å²) in [6.45, 7) is 3.90. The molecule has 6 heteroatoms. The zero-order valence-electron chi connectivity index (χ0n) is 10.5. The van der Waals surface area contributed by atoms with Crippen molar-refractivity contribution in [1.82, 2.24) is 15.3 Å². The number of anilines is 1. The van der Waals surface area contributed by atoms with Crippen molar-refractivity contribution in [2.45, 2.75) is 19.8 Å². The number of carbonyl (C=O) groups is 1. The van der Waals surface area contributed by atoms with Gasteiger partial charge in [0.1, 0.15) is 5.69 Å². The first-order valence-electron chi connectivity index (χ1n) is 6.20. The van der Waals surface area contributed by atoms with Gasteiger partial charge in [0.15, 0.2) is 0 Å². The molecule has 2 rings (SSSR count). The Morgan fingerprint density at radius 3 is 2.83 bits per heavy atom. The van der Waals surface area contributed by atoms with Gasteiger partial charge in [0.05, 0.1) is 6.61 Å². The van der Waals surface area contributed by atoms with Gasteiger partial charge in [0, 0.05) is 25.3 Å². The number of hydrogen-bond donors (Lipinski definition) is 2. The van der Waals surface area contributed by atoms with E-state index >= 15 is 0 Å². The van der Waals surface area contributed by atoms with Gasteiger partial charge >= 0.3 is 0 Å². The third-order valence-electron chi connectivity index (χ3n) is 2.86. The summed E-state index contributed by atoms with van der Waals surface area (Å²) in [6.07, 6.45) is 2.28. The zero-order valence-corrected chi connectivity index (χ0v) is 10.5. The fourth-order valence-corrected chi connectivity index (χ4v) is 1.99. The summed E-state index contributed by atoms with van der Waals surface area (Å²) >= 11 is 0. The Labute approximate surface area is 106 Å². The van der Waals surface area contributed by atoms with E-state index in [4.69, 9.17) is 5.11 Å². The summed E-state index contributed by atoms with van der Waals surface area (Å²) in [7, 11) is 0. The minimum Gasteiger partial charge on any atom is -0.395 e. The largest absolute Gasteiger partial charge is 0.395 e. The van der Waals surface area contributed by atoms with Crippen molar-refractivity contribution >= 4 is 11.9 Å². The molecule has 18 heavy (non-hydrogen) atoms. The Morgan fingerprint density at radius 1 is 1.44 bits per heavy atom. The summed E-state index contributed by atoms with van der Waals surface area (Å²) in [4.78, 5) is 22.5. The molecule has 1 aromatic heterocycles. The second-order valence-electron chi connectivity index (χ2n) is 4.37. The molecule has 1 aliphatic heterocycles. The van der Waals surface area contributed by atoms with Crippen LogP contribution >= 0.6 is 0 Å². The van der Waals surface area contributed by atoms with Crippen molar-refractivity contribution < 1.29 is 9.90 Å². The molecule has 0 aromatic carbocycles. The number of nitrogens with zero attached hydrogens (tertiary/aromatic N) is 3. The van der Waals surface area contributed by atoms with Crippen molar-refractivity contribution in [2.24, 2.45) is 0 Å². The van der Waals surface area contributed by atoms with E-state index in [-0.39, 0.29) is 19.1 Å². The second-order valence-corrected chi connectivity index (χ2v) is 4.37. The lowest BCUT2D eigenvalue weighted by Gasteiger charge is -2.16. The highest BCUT2D eigenvalue weighted by Crippen LogP contribution is 2.16. The summed E-state index contributed by atoms with van der Waals surface area (Å²) in [6, 6.07) is 1.66. The molecule has 0 saturated carbocycles. The molecule has 2 heterocycles. The van der Waals surface area contributed by atoms with E-state index in [1.165, 1.54) is 0 Å². The highest BCUT2D eigenvalue weighted by Gasteiger charge is 2.17. The van der Waals surface area contributed by atoms with Crippen molar-refractivity contribution in [3.05, 3.63) is 17.5 Å². The topological polar surface area (TPSA) is 78.3 Å². The van der Waals surface area contributed by atoms with Gasteiger partial charge in [0.2, 0.25) is 5.95 Å². The van der Waals surface area contributed by atoms with E-state index in [9.17, 15) is 4.79 Å². The van der Waals surface area contributed by atoms with Crippen LogP contribution in [0.15, 0.2) is 6.07 Å². The van der Waals surface area contributed by atoms with Crippen molar-refractivity contribution in [3.8, 4) is 0 Å². The van der Waals surface area contributed by atoms with Crippen LogP contribution in [-0.4, -0.2) is 47.2 Å². The number of aryl methyl sites for hydroxylation is 1. The van der Waals surface area contributed by atoms with Crippen molar-refractivity contribution in [2.75, 3.05) is 31.1 Å². The highest BCUT2D eigenvalue weighted by molar-refractivity contribution is 5.92. The Hall–Kier alpha value is -1.69. The van der Waals surface area contributed by atoms with Gasteiger partial charge in [-0.15, -0.1) is 0 Å². The Balaban J connectivity index is 2.17. The van der Waals surface area contributed by atoms with Crippen LogP contribution in [0.2, 0.25) is 0 Å². The fourth-order valence-electron chi connectivity index (χ4n) is 1.99. The Morgan fingerprint density at radius 2 is 2.17 bits per heavy atom. The lowest BCUT2D eigenvalue weighted by atomic mass is 10.3. The average Bonchev–Trinajstić information content (AvgIpc) is 2.89. The van der Waals surface area contributed by atoms with Gasteiger partial charge in [-0.3, -0.25) is 4.79 Å². The van der Waals surface area contributed by atoms with E-state index in [1.54, 1.807) is 6.07 Å². The van der Waals surface area contributed by atoms with Crippen LogP contribution < -0.4 is 10.2 Å². The number of aliphatic hydroxyl groups is 1. The number of aliphatic hydroxyl groups excluding tert-OH is 1. The number of hydrogen-bond acceptors (Lipinski definition) is 5. The minimum absolute atomic E-state index is 0.0746. The van der Waals surface area contributed by atoms with Gasteiger partial charge < -0.3 is 15.3 Å². The first kappa shape index (κ1) is 12.8. The van der Waals surface area contributed by atoms with E-state index in [0.717, 1.165) is 31.6 Å². The maximum Gasteiger partial charge on any atom is 0.270 e. The normalized spacial score (nSPS) is 14.9. The molecule has 1 aliphatic rings. The second kappa shape index (κ2) is 5.77. The molecule has 1 fully saturated rings. The molecule has 0 spiro atoms. The molecule has 98 valence electrons. The third kappa shape index (κ3) is 2.95. The van der Waals surface area contributed by atoms with Crippen LogP contribution in [-0.2, 0) is 0 Å². The first-order chi connectivity index (χ1) is 8.70. The zero-order chi connectivity index (χ0) is 13.0. The lowest BCUT2D eigenvalue weighted by molar-refractivity contribution is 0.0939. The molecule has 0 unspecified atom stereocenters. The maximum absolute atomic E-state index is 11.8. The fraction of sp³-hybridized carbons (Fsp3) is 0.583. The number of amides is 1. The van der Waals surface area contributed by atoms with E-state index < -0.39 is 0 Å². The van der Waals surface area contributed by atoms with Crippen molar-refractivity contribution in [1.29, 1.82) is 0 Å². The Kier molecular flexibility index (Phi) is 4.09. The standard InChI is InChI=1S/C12H18N4O2/c1-9-8-10(11(18)13-4-7-17)15-12(14-9)16-5-2-3-6-16/h8,17H,2-7H2,1H3,(H,13,18). The van der Waals surface area contributed by atoms with Crippen molar-refractivity contribution in [3.63, 3.8) is 0 Å². The Bertz CT molecular complexity index is 430. The van der Waals surface area contributed by atoms with Crippen LogP contribution in [0.1, 0.15) is 29.0 Å². The van der Waals surface area contributed by atoms with Gasteiger partial charge in [0.25, 0.3) is 5.91 Å². The number of nitrogens with one attached hydrogen (secondary N) is 1. The van der Waals surface area contributed by atoms with E-state index in [0.29, 0.717) is 11.6 Å². The van der Waals surface area contributed by atoms with Crippen LogP contribution in [0, 0.1) is 6.92 Å². The lowest BCUT2D eigenvalue weighted by Crippen LogP contribution is -2.29. The van der Waals surface area contributed by atoms with Crippen LogP contribution in [0.3, 0.4) is 0 Å². The monoisotopic (exact) mass is 250 g/mol. The molecule has 6 nitrogen and oxygen atoms in total. The summed E-state index contributed by atoms with van der Waals surface area (Å²) in [5, 5.41) is 11.3. The first-order valence-corrected chi connectivity index (χ1v) is 6.20. The van der Waals surface area contributed by atoms with Crippen LogP contribution in [0.25, 0.3) is 0 Å². The predicted molar refractivity (Wildman–Crippen MR) is 67.6 cm³/mol. The van der Waals surface area contributed by atoms with E-state index in [1.807, 2.05) is 6.92 Å². The van der Waals surface area contributed by atoms with E-state index in [2.05, 4.69) is 20.2 Å². The molecule has 1 amide bonds. The molecule has 2 N–H and O–H groups in total. The quantitative estimate of drug-likeness (QED) is 0.793. The van der Waals surface area contributed by atoms with Gasteiger partial charge in [-0.25, -0.2) is 9.97 Å². The smallest absolute Gasteiger partial charge is 0.270 e. The van der Waals surface area contributed by atoms with Crippen LogP contribution in [0.5, 0.6) is 0 Å². The van der Waals surface area contributed by atoms with Gasteiger partial charge in [-0.2, -0.15) is 0 Å². The molecular formula is C12H18N4O2. The molecule has 1 aromatic rings. The number of rotatable bonds is 4. The molecule has 0 radical (unpaired) electrons. The maximum atomic E-state index is 11.8. The molecule has 0 aliphatic carbocycles. The third-order valence-corrected chi connectivity index (χ3v) is 2.86. The summed E-state index contributed by atoms with van der Waals surface area (Å²) in [5.74, 6) is 0.358. The SMILES string of the molecule is Cc1cc(C(=O)NCCO)nc(N2CCCC2)n1. The molecule has 1 saturated heterocycles. The predicted octanol–water partition coefficient (Wildman–Crippen LogP) is 0.107. The summed E-state index contributed by atoms with van der Waals surface area (Å²) in [5.41, 5.74) is 1.14. The van der Waals surface area contributed by atoms with Gasteiger partial charge in [-0.1, -0.05) is 0 Å². The molecule has 0 atom stereocenters. The molecule has 0 bridgehead atoms. The molecular weight excluding hydrogens is 232 g/mol. The average molecular weight is 250 g/mol. The number of carbonyl (C=O) groups excluding carboxylic acids is 1. The highest BCUT2D eigenvalue weighted by atomic mass is 16.3. The summed E-state index contributed by atoms with van der Waals surface area (Å²) < 4.78 is 0.